The molecule has 1 N–H and O–H groups in total. The molecule has 0 bridgehead atoms. The molecule has 3 heterocycles. The number of para-hydroxylation sites is 1. The topological polar surface area (TPSA) is 145 Å². The third-order valence-electron chi connectivity index (χ3n) is 5.53. The van der Waals surface area contributed by atoms with Crippen molar-refractivity contribution in [3.8, 4) is 0 Å². The molecule has 5 rings (SSSR count). The largest absolute Gasteiger partial charge is 0.333 e. The third kappa shape index (κ3) is 3.63. The summed E-state index contributed by atoms with van der Waals surface area (Å²) in [4.78, 5) is 31.0. The van der Waals surface area contributed by atoms with E-state index in [1.165, 1.54) is 4.90 Å². The van der Waals surface area contributed by atoms with E-state index in [2.05, 4.69) is 19.7 Å². The number of carbonyl (C=O) groups is 2. The van der Waals surface area contributed by atoms with E-state index < -0.39 is 27.6 Å². The van der Waals surface area contributed by atoms with Gasteiger partial charge in [0.2, 0.25) is 5.91 Å². The SMILES string of the molecule is [N-]=[N+]=NCc1csc2c1S(=O)(=O)N=C(C1C(=O)c3ccccc3N(Cc3ccccc3)C1=O)N2. The number of benzene rings is 2. The normalized spacial score (nSPS) is 18.3. The molecule has 12 heteroatoms. The molecule has 3 aromatic rings. The number of nitrogens with one attached hydrogen (secondary N) is 1. The van der Waals surface area contributed by atoms with Crippen molar-refractivity contribution in [2.75, 3.05) is 10.2 Å². The van der Waals surface area contributed by atoms with Crippen LogP contribution in [-0.4, -0.2) is 25.9 Å². The minimum Gasteiger partial charge on any atom is -0.333 e. The highest BCUT2D eigenvalue weighted by molar-refractivity contribution is 7.90. The summed E-state index contributed by atoms with van der Waals surface area (Å²) in [5, 5.41) is 8.08. The number of fused-ring (bicyclic) bond motifs is 2. The van der Waals surface area contributed by atoms with Crippen LogP contribution in [0.1, 0.15) is 21.5 Å². The molecule has 0 fully saturated rings. The second-order valence-corrected chi connectivity index (χ2v) is 10.0. The maximum atomic E-state index is 13.6. The number of ketones is 1. The first kappa shape index (κ1) is 21.8. The van der Waals surface area contributed by atoms with Gasteiger partial charge in [-0.15, -0.1) is 15.7 Å². The number of anilines is 2. The number of hydrogen-bond donors (Lipinski definition) is 1. The Bertz CT molecular complexity index is 1510. The summed E-state index contributed by atoms with van der Waals surface area (Å²) in [5.74, 6) is -2.78. The highest BCUT2D eigenvalue weighted by Crippen LogP contribution is 2.40. The van der Waals surface area contributed by atoms with Crippen LogP contribution in [0.4, 0.5) is 10.7 Å². The van der Waals surface area contributed by atoms with Gasteiger partial charge in [0.25, 0.3) is 10.0 Å². The lowest BCUT2D eigenvalue weighted by Crippen LogP contribution is -2.50. The lowest BCUT2D eigenvalue weighted by molar-refractivity contribution is -0.119. The predicted molar refractivity (Wildman–Crippen MR) is 127 cm³/mol. The highest BCUT2D eigenvalue weighted by Gasteiger charge is 2.45. The number of sulfonamides is 1. The Morgan fingerprint density at radius 2 is 1.85 bits per heavy atom. The molecule has 0 saturated heterocycles. The van der Waals surface area contributed by atoms with Crippen LogP contribution in [-0.2, 0) is 27.9 Å². The zero-order valence-corrected chi connectivity index (χ0v) is 19.1. The number of nitrogens with zero attached hydrogens (tertiary/aromatic N) is 5. The lowest BCUT2D eigenvalue weighted by atomic mass is 9.88. The molecule has 1 atom stereocenters. The first-order chi connectivity index (χ1) is 16.4. The molecule has 0 radical (unpaired) electrons. The van der Waals surface area contributed by atoms with Crippen LogP contribution in [0.15, 0.2) is 74.4 Å². The molecule has 1 aromatic heterocycles. The van der Waals surface area contributed by atoms with Gasteiger partial charge in [0.15, 0.2) is 11.7 Å². The molecule has 0 saturated carbocycles. The number of azide groups is 1. The number of carbonyl (C=O) groups excluding carboxylic acids is 2. The maximum Gasteiger partial charge on any atom is 0.287 e. The van der Waals surface area contributed by atoms with Gasteiger partial charge >= 0.3 is 0 Å². The van der Waals surface area contributed by atoms with E-state index in [-0.39, 0.29) is 28.8 Å². The van der Waals surface area contributed by atoms with E-state index in [0.29, 0.717) is 16.8 Å². The molecular formula is C22H16N6O4S2. The third-order valence-corrected chi connectivity index (χ3v) is 8.02. The first-order valence-electron chi connectivity index (χ1n) is 10.1. The number of hydrogen-bond acceptors (Lipinski definition) is 7. The molecule has 2 aliphatic rings. The Labute approximate surface area is 198 Å². The van der Waals surface area contributed by atoms with Gasteiger partial charge < -0.3 is 10.2 Å². The van der Waals surface area contributed by atoms with Crippen molar-refractivity contribution >= 4 is 49.6 Å². The van der Waals surface area contributed by atoms with Crippen molar-refractivity contribution in [1.82, 2.24) is 0 Å². The lowest BCUT2D eigenvalue weighted by Gasteiger charge is -2.34. The number of amidine groups is 1. The maximum absolute atomic E-state index is 13.6. The van der Waals surface area contributed by atoms with Crippen LogP contribution in [0, 0.1) is 5.92 Å². The number of Topliss-reactive ketones (excluding diaryl/α,β-unsaturated/α-hetero) is 1. The van der Waals surface area contributed by atoms with Crippen LogP contribution in [0.5, 0.6) is 0 Å². The van der Waals surface area contributed by atoms with Crippen molar-refractivity contribution in [3.63, 3.8) is 0 Å². The average Bonchev–Trinajstić information content (AvgIpc) is 3.25. The summed E-state index contributed by atoms with van der Waals surface area (Å²) >= 11 is 1.07. The Kier molecular flexibility index (Phi) is 5.40. The molecule has 2 aliphatic heterocycles. The summed E-state index contributed by atoms with van der Waals surface area (Å²) in [7, 11) is -4.23. The zero-order valence-electron chi connectivity index (χ0n) is 17.5. The van der Waals surface area contributed by atoms with Crippen molar-refractivity contribution in [2.24, 2.45) is 15.4 Å². The Morgan fingerprint density at radius 3 is 2.62 bits per heavy atom. The predicted octanol–water partition coefficient (Wildman–Crippen LogP) is 4.12. The van der Waals surface area contributed by atoms with Gasteiger partial charge in [-0.3, -0.25) is 9.59 Å². The van der Waals surface area contributed by atoms with Gasteiger partial charge in [0.1, 0.15) is 15.7 Å². The first-order valence-corrected chi connectivity index (χ1v) is 12.4. The quantitative estimate of drug-likeness (QED) is 0.246. The van der Waals surface area contributed by atoms with Gasteiger partial charge in [-0.1, -0.05) is 47.6 Å². The highest BCUT2D eigenvalue weighted by atomic mass is 32.2. The number of thiophene rings is 1. The van der Waals surface area contributed by atoms with E-state index in [0.717, 1.165) is 16.9 Å². The fourth-order valence-electron chi connectivity index (χ4n) is 4.04. The van der Waals surface area contributed by atoms with Crippen LogP contribution < -0.4 is 10.2 Å². The molecule has 170 valence electrons. The Morgan fingerprint density at radius 1 is 1.12 bits per heavy atom. The summed E-state index contributed by atoms with van der Waals surface area (Å²) < 4.78 is 29.8. The Hall–Kier alpha value is -3.99. The molecule has 34 heavy (non-hydrogen) atoms. The van der Waals surface area contributed by atoms with Gasteiger partial charge in [0.05, 0.1) is 18.8 Å². The van der Waals surface area contributed by atoms with Gasteiger partial charge in [-0.2, -0.15) is 8.42 Å². The molecule has 10 nitrogen and oxygen atoms in total. The molecular weight excluding hydrogens is 476 g/mol. The monoisotopic (exact) mass is 492 g/mol. The van der Waals surface area contributed by atoms with E-state index in [9.17, 15) is 18.0 Å². The molecule has 2 aromatic carbocycles. The zero-order chi connectivity index (χ0) is 23.9. The number of amides is 1. The van der Waals surface area contributed by atoms with Crippen molar-refractivity contribution in [2.45, 2.75) is 18.0 Å². The van der Waals surface area contributed by atoms with Gasteiger partial charge in [-0.05, 0) is 34.2 Å². The van der Waals surface area contributed by atoms with Crippen LogP contribution in [0.2, 0.25) is 0 Å². The molecule has 1 amide bonds. The van der Waals surface area contributed by atoms with E-state index in [4.69, 9.17) is 5.53 Å². The fraction of sp³-hybridized carbons (Fsp3) is 0.136. The van der Waals surface area contributed by atoms with Crippen LogP contribution in [0.3, 0.4) is 0 Å². The van der Waals surface area contributed by atoms with Crippen molar-refractivity contribution < 1.29 is 18.0 Å². The molecule has 1 unspecified atom stereocenters. The number of rotatable bonds is 5. The standard InChI is InChI=1S/C22H16N6O4S2/c23-27-24-10-14-12-33-21-19(14)34(31,32)26-20(25-21)17-18(29)15-8-4-5-9-16(15)28(22(17)30)11-13-6-2-1-3-7-13/h1-9,12,17H,10-11H2,(H,25,26). The minimum absolute atomic E-state index is 0.106. The van der Waals surface area contributed by atoms with Crippen molar-refractivity contribution in [1.29, 1.82) is 0 Å². The summed E-state index contributed by atoms with van der Waals surface area (Å²) in [6.45, 7) is 0.0503. The fourth-order valence-corrected chi connectivity index (χ4v) is 6.67. The summed E-state index contributed by atoms with van der Waals surface area (Å²) in [5.41, 5.74) is 10.5. The summed E-state index contributed by atoms with van der Waals surface area (Å²) in [6.07, 6.45) is 0. The van der Waals surface area contributed by atoms with E-state index >= 15 is 0 Å². The van der Waals surface area contributed by atoms with Crippen molar-refractivity contribution in [3.05, 3.63) is 87.1 Å². The summed E-state index contributed by atoms with van der Waals surface area (Å²) in [6, 6.07) is 16.0. The van der Waals surface area contributed by atoms with Crippen LogP contribution in [0.25, 0.3) is 10.4 Å². The van der Waals surface area contributed by atoms with Gasteiger partial charge in [0, 0.05) is 10.5 Å². The van der Waals surface area contributed by atoms with Gasteiger partial charge in [-0.25, -0.2) is 0 Å². The molecule has 0 aliphatic carbocycles. The second kappa shape index (κ2) is 8.41. The van der Waals surface area contributed by atoms with Crippen LogP contribution >= 0.6 is 11.3 Å². The minimum atomic E-state index is -4.23. The molecule has 0 spiro atoms. The van der Waals surface area contributed by atoms with E-state index in [1.54, 1.807) is 29.6 Å². The average molecular weight is 493 g/mol. The Balaban J connectivity index is 1.57. The van der Waals surface area contributed by atoms with E-state index in [1.807, 2.05) is 30.3 Å². The second-order valence-electron chi connectivity index (χ2n) is 7.61. The smallest absolute Gasteiger partial charge is 0.287 e.